The van der Waals surface area contributed by atoms with Crippen LogP contribution in [-0.4, -0.2) is 23.2 Å². The molecule has 5 heteroatoms. The monoisotopic (exact) mass is 166 g/mol. The number of methoxy groups -OCH3 is 1. The summed E-state index contributed by atoms with van der Waals surface area (Å²) in [7, 11) is 3.50. The number of hydrogen-bond donors (Lipinski definition) is 1. The summed E-state index contributed by atoms with van der Waals surface area (Å²) in [5, 5.41) is 7.13. The number of anilines is 1. The summed E-state index contributed by atoms with van der Waals surface area (Å²) in [6.07, 6.45) is 3.28. The first-order valence-corrected chi connectivity index (χ1v) is 3.66. The van der Waals surface area contributed by atoms with Gasteiger partial charge in [0.2, 0.25) is 0 Å². The summed E-state index contributed by atoms with van der Waals surface area (Å²) < 4.78 is 6.87. The van der Waals surface area contributed by atoms with Crippen molar-refractivity contribution in [2.75, 3.05) is 12.4 Å². The normalized spacial score (nSPS) is 20.3. The molecule has 0 saturated carbocycles. The van der Waals surface area contributed by atoms with Gasteiger partial charge in [-0.25, -0.2) is 4.99 Å². The van der Waals surface area contributed by atoms with E-state index in [0.29, 0.717) is 0 Å². The van der Waals surface area contributed by atoms with Crippen LogP contribution in [0, 0.1) is 0 Å². The van der Waals surface area contributed by atoms with E-state index in [1.54, 1.807) is 18.1 Å². The second-order valence-corrected chi connectivity index (χ2v) is 2.62. The van der Waals surface area contributed by atoms with Crippen LogP contribution in [-0.2, 0) is 11.8 Å². The number of hydrogen-bond acceptors (Lipinski definition) is 4. The maximum atomic E-state index is 5.14. The third-order valence-corrected chi connectivity index (χ3v) is 1.76. The number of nitrogens with zero attached hydrogens (tertiary/aromatic N) is 3. The van der Waals surface area contributed by atoms with E-state index in [1.807, 2.05) is 13.2 Å². The molecule has 1 aromatic heterocycles. The zero-order chi connectivity index (χ0) is 8.55. The average Bonchev–Trinajstić information content (AvgIpc) is 2.44. The van der Waals surface area contributed by atoms with Crippen LogP contribution in [0.1, 0.15) is 11.8 Å². The van der Waals surface area contributed by atoms with Crippen LogP contribution in [0.3, 0.4) is 0 Å². The molecule has 1 atom stereocenters. The Morgan fingerprint density at radius 1 is 1.67 bits per heavy atom. The van der Waals surface area contributed by atoms with Gasteiger partial charge in [-0.2, -0.15) is 5.10 Å². The summed E-state index contributed by atoms with van der Waals surface area (Å²) in [6, 6.07) is 0. The Hall–Kier alpha value is -1.36. The van der Waals surface area contributed by atoms with Gasteiger partial charge >= 0.3 is 0 Å². The standard InChI is InChI=1S/C7H10N4O/c1-11-3-5-6(10-11)8-4-9-7(5)12-2/h3-4,7H,1-2H3,(H,8,9,10). The lowest BCUT2D eigenvalue weighted by molar-refractivity contribution is 0.111. The van der Waals surface area contributed by atoms with Gasteiger partial charge in [0.1, 0.15) is 0 Å². The summed E-state index contributed by atoms with van der Waals surface area (Å²) in [4.78, 5) is 4.09. The summed E-state index contributed by atoms with van der Waals surface area (Å²) >= 11 is 0. The highest BCUT2D eigenvalue weighted by molar-refractivity contribution is 5.77. The van der Waals surface area contributed by atoms with Gasteiger partial charge < -0.3 is 10.1 Å². The van der Waals surface area contributed by atoms with Gasteiger partial charge in [0.15, 0.2) is 12.0 Å². The molecule has 0 fully saturated rings. The SMILES string of the molecule is COC1N=CNc2nn(C)cc21. The quantitative estimate of drug-likeness (QED) is 0.661. The van der Waals surface area contributed by atoms with Crippen LogP contribution in [0.25, 0.3) is 0 Å². The molecule has 1 aliphatic rings. The van der Waals surface area contributed by atoms with Gasteiger partial charge in [-0.3, -0.25) is 4.68 Å². The molecule has 64 valence electrons. The minimum absolute atomic E-state index is 0.213. The van der Waals surface area contributed by atoms with Crippen molar-refractivity contribution in [1.82, 2.24) is 9.78 Å². The molecule has 0 aromatic carbocycles. The lowest BCUT2D eigenvalue weighted by atomic mass is 10.3. The molecule has 0 spiro atoms. The van der Waals surface area contributed by atoms with Gasteiger partial charge in [0.05, 0.1) is 11.9 Å². The fourth-order valence-electron chi connectivity index (χ4n) is 1.23. The second kappa shape index (κ2) is 2.60. The molecule has 1 unspecified atom stereocenters. The lowest BCUT2D eigenvalue weighted by Crippen LogP contribution is -2.10. The highest BCUT2D eigenvalue weighted by atomic mass is 16.5. The molecule has 2 rings (SSSR count). The number of aromatic nitrogens is 2. The van der Waals surface area contributed by atoms with Crippen molar-refractivity contribution in [3.63, 3.8) is 0 Å². The molecule has 0 aliphatic carbocycles. The van der Waals surface area contributed by atoms with Crippen molar-refractivity contribution in [2.24, 2.45) is 12.0 Å². The third-order valence-electron chi connectivity index (χ3n) is 1.76. The van der Waals surface area contributed by atoms with E-state index in [2.05, 4.69) is 15.4 Å². The van der Waals surface area contributed by atoms with E-state index < -0.39 is 0 Å². The number of aryl methyl sites for hydroxylation is 1. The van der Waals surface area contributed by atoms with Crippen molar-refractivity contribution in [3.05, 3.63) is 11.8 Å². The maximum Gasteiger partial charge on any atom is 0.180 e. The Kier molecular flexibility index (Phi) is 1.58. The van der Waals surface area contributed by atoms with E-state index in [9.17, 15) is 0 Å². The van der Waals surface area contributed by atoms with Gasteiger partial charge in [-0.15, -0.1) is 0 Å². The fourth-order valence-corrected chi connectivity index (χ4v) is 1.23. The van der Waals surface area contributed by atoms with E-state index in [1.165, 1.54) is 0 Å². The summed E-state index contributed by atoms with van der Waals surface area (Å²) in [6.45, 7) is 0. The zero-order valence-electron chi connectivity index (χ0n) is 6.98. The van der Waals surface area contributed by atoms with Gasteiger partial charge in [0.25, 0.3) is 0 Å². The first kappa shape index (κ1) is 7.30. The Balaban J connectivity index is 2.42. The Labute approximate surface area is 70.1 Å². The van der Waals surface area contributed by atoms with Crippen LogP contribution in [0.15, 0.2) is 11.2 Å². The lowest BCUT2D eigenvalue weighted by Gasteiger charge is -2.13. The largest absolute Gasteiger partial charge is 0.355 e. The topological polar surface area (TPSA) is 51.4 Å². The van der Waals surface area contributed by atoms with Crippen LogP contribution in [0.5, 0.6) is 0 Å². The molecule has 1 aliphatic heterocycles. The van der Waals surface area contributed by atoms with E-state index in [0.717, 1.165) is 11.4 Å². The first-order chi connectivity index (χ1) is 5.81. The fraction of sp³-hybridized carbons (Fsp3) is 0.429. The molecule has 2 heterocycles. The van der Waals surface area contributed by atoms with E-state index >= 15 is 0 Å². The average molecular weight is 166 g/mol. The number of nitrogens with one attached hydrogen (secondary N) is 1. The Morgan fingerprint density at radius 2 is 2.50 bits per heavy atom. The molecule has 1 aromatic rings. The van der Waals surface area contributed by atoms with Crippen molar-refractivity contribution >= 4 is 12.2 Å². The number of ether oxygens (including phenoxy) is 1. The van der Waals surface area contributed by atoms with Crippen LogP contribution < -0.4 is 5.32 Å². The molecule has 0 radical (unpaired) electrons. The minimum Gasteiger partial charge on any atom is -0.355 e. The third kappa shape index (κ3) is 0.984. The molecule has 0 bridgehead atoms. The molecular formula is C7H10N4O. The molecule has 12 heavy (non-hydrogen) atoms. The molecule has 1 N–H and O–H groups in total. The molecule has 0 amide bonds. The summed E-state index contributed by atoms with van der Waals surface area (Å²) in [5.74, 6) is 0.819. The zero-order valence-corrected chi connectivity index (χ0v) is 6.98. The van der Waals surface area contributed by atoms with E-state index in [-0.39, 0.29) is 6.23 Å². The van der Waals surface area contributed by atoms with Crippen molar-refractivity contribution < 1.29 is 4.74 Å². The Morgan fingerprint density at radius 3 is 3.25 bits per heavy atom. The number of fused-ring (bicyclic) bond motifs is 1. The summed E-state index contributed by atoms with van der Waals surface area (Å²) in [5.41, 5.74) is 0.975. The molecule has 5 nitrogen and oxygen atoms in total. The number of rotatable bonds is 1. The highest BCUT2D eigenvalue weighted by Gasteiger charge is 2.19. The smallest absolute Gasteiger partial charge is 0.180 e. The molecular weight excluding hydrogens is 156 g/mol. The second-order valence-electron chi connectivity index (χ2n) is 2.62. The van der Waals surface area contributed by atoms with Gasteiger partial charge in [0, 0.05) is 20.4 Å². The minimum atomic E-state index is -0.213. The van der Waals surface area contributed by atoms with Crippen LogP contribution >= 0.6 is 0 Å². The van der Waals surface area contributed by atoms with Crippen molar-refractivity contribution in [3.8, 4) is 0 Å². The van der Waals surface area contributed by atoms with E-state index in [4.69, 9.17) is 4.74 Å². The molecule has 0 saturated heterocycles. The van der Waals surface area contributed by atoms with Crippen molar-refractivity contribution in [2.45, 2.75) is 6.23 Å². The number of aliphatic imine (C=N–C) groups is 1. The maximum absolute atomic E-state index is 5.14. The predicted molar refractivity (Wildman–Crippen MR) is 45.1 cm³/mol. The van der Waals surface area contributed by atoms with Crippen LogP contribution in [0.2, 0.25) is 0 Å². The Bertz CT molecular complexity index is 317. The highest BCUT2D eigenvalue weighted by Crippen LogP contribution is 2.26. The van der Waals surface area contributed by atoms with Crippen LogP contribution in [0.4, 0.5) is 5.82 Å². The first-order valence-electron chi connectivity index (χ1n) is 3.66. The van der Waals surface area contributed by atoms with Gasteiger partial charge in [-0.05, 0) is 0 Å². The predicted octanol–water partition coefficient (Wildman–Crippen LogP) is 0.519. The van der Waals surface area contributed by atoms with Crippen molar-refractivity contribution in [1.29, 1.82) is 0 Å². The van der Waals surface area contributed by atoms with Gasteiger partial charge in [-0.1, -0.05) is 0 Å².